The van der Waals surface area contributed by atoms with Crippen LogP contribution in [0, 0.1) is 13.8 Å². The number of hydrogen-bond donors (Lipinski definition) is 1. The molecule has 1 aromatic heterocycles. The van der Waals surface area contributed by atoms with Crippen molar-refractivity contribution in [3.63, 3.8) is 0 Å². The van der Waals surface area contributed by atoms with Crippen LogP contribution in [0.15, 0.2) is 85.1 Å². The van der Waals surface area contributed by atoms with Crippen LogP contribution in [0.2, 0.25) is 0 Å². The highest BCUT2D eigenvalue weighted by atomic mass is 16.5. The van der Waals surface area contributed by atoms with Crippen LogP contribution in [0.5, 0.6) is 5.75 Å². The number of carboxylic acid groups (broad SMARTS) is 1. The average Bonchev–Trinajstić information content (AvgIpc) is 3.23. The van der Waals surface area contributed by atoms with E-state index in [0.29, 0.717) is 6.61 Å². The molecule has 1 atom stereocenters. The molecule has 0 radical (unpaired) electrons. The van der Waals surface area contributed by atoms with E-state index >= 15 is 0 Å². The summed E-state index contributed by atoms with van der Waals surface area (Å²) in [5.41, 5.74) is 7.20. The van der Waals surface area contributed by atoms with Gasteiger partial charge in [-0.05, 0) is 72.2 Å². The lowest BCUT2D eigenvalue weighted by Gasteiger charge is -2.15. The molecule has 3 aromatic carbocycles. The quantitative estimate of drug-likeness (QED) is 0.277. The van der Waals surface area contributed by atoms with Gasteiger partial charge in [-0.25, -0.2) is 0 Å². The standard InChI is InChI=1S/C30H31NO3/c1-4-7-25(18-29(32)33)23-12-14-28(15-13-23)34-20-27-11-10-24-16-17-31(30(24)22(27)3)19-26-9-6-5-8-21(26)2/h4-17,25H,18-20H2,1-3H3,(H,32,33)/t25-/m1/s1. The summed E-state index contributed by atoms with van der Waals surface area (Å²) < 4.78 is 8.42. The van der Waals surface area contributed by atoms with Gasteiger partial charge in [0, 0.05) is 18.7 Å². The SMILES string of the molecule is CC=C[C@H](CC(=O)O)c1ccc(OCc2ccc3ccn(Cc4ccccc4C)c3c2C)cc1. The maximum absolute atomic E-state index is 11.2. The highest BCUT2D eigenvalue weighted by molar-refractivity contribution is 5.84. The van der Waals surface area contributed by atoms with E-state index < -0.39 is 5.97 Å². The van der Waals surface area contributed by atoms with Gasteiger partial charge in [0.1, 0.15) is 12.4 Å². The smallest absolute Gasteiger partial charge is 0.304 e. The first-order chi connectivity index (χ1) is 16.5. The number of aliphatic carboxylic acids is 1. The van der Waals surface area contributed by atoms with Gasteiger partial charge in [-0.3, -0.25) is 4.79 Å². The Labute approximate surface area is 201 Å². The van der Waals surface area contributed by atoms with Crippen molar-refractivity contribution in [2.45, 2.75) is 46.3 Å². The highest BCUT2D eigenvalue weighted by Gasteiger charge is 2.13. The Hall–Kier alpha value is -3.79. The molecule has 34 heavy (non-hydrogen) atoms. The van der Waals surface area contributed by atoms with Gasteiger partial charge < -0.3 is 14.4 Å². The van der Waals surface area contributed by atoms with Gasteiger partial charge in [-0.2, -0.15) is 0 Å². The number of carboxylic acids is 1. The molecule has 4 nitrogen and oxygen atoms in total. The van der Waals surface area contributed by atoms with E-state index in [1.807, 2.05) is 43.3 Å². The summed E-state index contributed by atoms with van der Waals surface area (Å²) in [6, 6.07) is 22.7. The number of rotatable bonds is 9. The molecule has 0 amide bonds. The summed E-state index contributed by atoms with van der Waals surface area (Å²) in [4.78, 5) is 11.2. The van der Waals surface area contributed by atoms with Crippen LogP contribution in [-0.2, 0) is 17.9 Å². The van der Waals surface area contributed by atoms with E-state index in [-0.39, 0.29) is 12.3 Å². The zero-order valence-electron chi connectivity index (χ0n) is 20.0. The van der Waals surface area contributed by atoms with Crippen LogP contribution in [0.25, 0.3) is 10.9 Å². The third-order valence-electron chi connectivity index (χ3n) is 6.42. The minimum Gasteiger partial charge on any atom is -0.489 e. The van der Waals surface area contributed by atoms with E-state index in [0.717, 1.165) is 23.4 Å². The Balaban J connectivity index is 1.51. The Morgan fingerprint density at radius 1 is 1.00 bits per heavy atom. The molecule has 4 heteroatoms. The Bertz CT molecular complexity index is 1310. The average molecular weight is 454 g/mol. The molecule has 4 aromatic rings. The summed E-state index contributed by atoms with van der Waals surface area (Å²) in [7, 11) is 0. The molecule has 0 spiro atoms. The molecule has 0 saturated carbocycles. The third kappa shape index (κ3) is 5.23. The van der Waals surface area contributed by atoms with Gasteiger partial charge in [0.05, 0.1) is 11.9 Å². The molecule has 0 aliphatic carbocycles. The van der Waals surface area contributed by atoms with Crippen LogP contribution in [0.1, 0.15) is 47.1 Å². The second-order valence-corrected chi connectivity index (χ2v) is 8.75. The van der Waals surface area contributed by atoms with Crippen molar-refractivity contribution in [3.05, 3.63) is 113 Å². The zero-order chi connectivity index (χ0) is 24.1. The van der Waals surface area contributed by atoms with Gasteiger partial charge in [0.25, 0.3) is 0 Å². The van der Waals surface area contributed by atoms with Gasteiger partial charge in [0.2, 0.25) is 0 Å². The van der Waals surface area contributed by atoms with E-state index in [1.165, 1.54) is 27.6 Å². The minimum atomic E-state index is -0.804. The predicted octanol–water partition coefficient (Wildman–Crippen LogP) is 7.02. The molecule has 0 saturated heterocycles. The molecule has 174 valence electrons. The van der Waals surface area contributed by atoms with Crippen LogP contribution in [0.4, 0.5) is 0 Å². The first-order valence-corrected chi connectivity index (χ1v) is 11.7. The molecule has 0 aliphatic heterocycles. The molecule has 1 N–H and O–H groups in total. The first kappa shape index (κ1) is 23.4. The fourth-order valence-electron chi connectivity index (χ4n) is 4.47. The number of ether oxygens (including phenoxy) is 1. The molecule has 1 heterocycles. The topological polar surface area (TPSA) is 51.5 Å². The maximum atomic E-state index is 11.2. The highest BCUT2D eigenvalue weighted by Crippen LogP contribution is 2.27. The maximum Gasteiger partial charge on any atom is 0.304 e. The first-order valence-electron chi connectivity index (χ1n) is 11.7. The van der Waals surface area contributed by atoms with Crippen molar-refractivity contribution in [3.8, 4) is 5.75 Å². The van der Waals surface area contributed by atoms with Gasteiger partial charge in [0.15, 0.2) is 0 Å². The Kier molecular flexibility index (Phi) is 7.17. The molecule has 4 rings (SSSR count). The Morgan fingerprint density at radius 2 is 1.76 bits per heavy atom. The second kappa shape index (κ2) is 10.4. The van der Waals surface area contributed by atoms with Crippen LogP contribution < -0.4 is 4.74 Å². The van der Waals surface area contributed by atoms with Crippen LogP contribution in [-0.4, -0.2) is 15.6 Å². The lowest BCUT2D eigenvalue weighted by atomic mass is 9.95. The monoisotopic (exact) mass is 453 g/mol. The molecule has 0 unspecified atom stereocenters. The van der Waals surface area contributed by atoms with Gasteiger partial charge >= 0.3 is 5.97 Å². The van der Waals surface area contributed by atoms with E-state index in [2.05, 4.69) is 67.1 Å². The van der Waals surface area contributed by atoms with E-state index in [4.69, 9.17) is 4.74 Å². The van der Waals surface area contributed by atoms with E-state index in [1.54, 1.807) is 0 Å². The molecular formula is C30H31NO3. The summed E-state index contributed by atoms with van der Waals surface area (Å²) >= 11 is 0. The number of benzene rings is 3. The van der Waals surface area contributed by atoms with Crippen molar-refractivity contribution < 1.29 is 14.6 Å². The van der Waals surface area contributed by atoms with Crippen LogP contribution in [0.3, 0.4) is 0 Å². The van der Waals surface area contributed by atoms with Crippen molar-refractivity contribution in [2.75, 3.05) is 0 Å². The summed E-state index contributed by atoms with van der Waals surface area (Å²) in [5, 5.41) is 10.4. The zero-order valence-corrected chi connectivity index (χ0v) is 20.0. The normalized spacial score (nSPS) is 12.3. The molecular weight excluding hydrogens is 422 g/mol. The molecule has 0 bridgehead atoms. The fourth-order valence-corrected chi connectivity index (χ4v) is 4.47. The Morgan fingerprint density at radius 3 is 2.47 bits per heavy atom. The lowest BCUT2D eigenvalue weighted by molar-refractivity contribution is -0.137. The lowest BCUT2D eigenvalue weighted by Crippen LogP contribution is -2.05. The van der Waals surface area contributed by atoms with E-state index in [9.17, 15) is 9.90 Å². The third-order valence-corrected chi connectivity index (χ3v) is 6.42. The summed E-state index contributed by atoms with van der Waals surface area (Å²) in [6.07, 6.45) is 6.05. The van der Waals surface area contributed by atoms with Gasteiger partial charge in [-0.1, -0.05) is 60.7 Å². The number of allylic oxidation sites excluding steroid dienone is 2. The number of nitrogens with zero attached hydrogens (tertiary/aromatic N) is 1. The molecule has 0 fully saturated rings. The summed E-state index contributed by atoms with van der Waals surface area (Å²) in [6.45, 7) is 7.53. The largest absolute Gasteiger partial charge is 0.489 e. The molecule has 0 aliphatic rings. The second-order valence-electron chi connectivity index (χ2n) is 8.75. The van der Waals surface area contributed by atoms with Crippen LogP contribution >= 0.6 is 0 Å². The number of hydrogen-bond acceptors (Lipinski definition) is 2. The minimum absolute atomic E-state index is 0.0753. The van der Waals surface area contributed by atoms with Crippen molar-refractivity contribution in [2.24, 2.45) is 0 Å². The number of aromatic nitrogens is 1. The van der Waals surface area contributed by atoms with Crippen molar-refractivity contribution >= 4 is 16.9 Å². The predicted molar refractivity (Wildman–Crippen MR) is 138 cm³/mol. The fraction of sp³-hybridized carbons (Fsp3) is 0.233. The van der Waals surface area contributed by atoms with Crippen molar-refractivity contribution in [1.29, 1.82) is 0 Å². The number of fused-ring (bicyclic) bond motifs is 1. The summed E-state index contributed by atoms with van der Waals surface area (Å²) in [5.74, 6) is -0.170. The number of carbonyl (C=O) groups is 1. The number of aryl methyl sites for hydroxylation is 2. The van der Waals surface area contributed by atoms with Gasteiger partial charge in [-0.15, -0.1) is 0 Å². The van der Waals surface area contributed by atoms with Crippen molar-refractivity contribution in [1.82, 2.24) is 4.57 Å².